The quantitative estimate of drug-likeness (QED) is 0.871. The van der Waals surface area contributed by atoms with Gasteiger partial charge in [0.15, 0.2) is 5.82 Å². The number of benzene rings is 1. The predicted octanol–water partition coefficient (Wildman–Crippen LogP) is 1.43. The van der Waals surface area contributed by atoms with E-state index in [1.54, 1.807) is 16.9 Å². The molecule has 0 spiro atoms. The van der Waals surface area contributed by atoms with Gasteiger partial charge >= 0.3 is 0 Å². The Bertz CT molecular complexity index is 671. The minimum atomic E-state index is -0.401. The average molecular weight is 328 g/mol. The van der Waals surface area contributed by atoms with Crippen LogP contribution in [0.1, 0.15) is 18.4 Å². The number of rotatable bonds is 5. The van der Waals surface area contributed by atoms with E-state index in [2.05, 4.69) is 27.4 Å². The number of aliphatic hydroxyl groups is 1. The molecule has 1 amide bonds. The van der Waals surface area contributed by atoms with Crippen molar-refractivity contribution in [2.75, 3.05) is 18.4 Å². The molecule has 0 radical (unpaired) electrons. The van der Waals surface area contributed by atoms with Gasteiger partial charge in [0.05, 0.1) is 12.6 Å². The van der Waals surface area contributed by atoms with Crippen LogP contribution in [-0.2, 0) is 18.3 Å². The molecular formula is C18H24N4O2. The maximum Gasteiger partial charge on any atom is 0.239 e. The summed E-state index contributed by atoms with van der Waals surface area (Å²) in [5.74, 6) is 0.459. The van der Waals surface area contributed by atoms with Crippen molar-refractivity contribution in [3.63, 3.8) is 0 Å². The normalized spacial score (nSPS) is 21.6. The van der Waals surface area contributed by atoms with E-state index >= 15 is 0 Å². The zero-order chi connectivity index (χ0) is 16.9. The molecule has 1 aromatic heterocycles. The number of nitrogens with one attached hydrogen (secondary N) is 1. The minimum Gasteiger partial charge on any atom is -0.391 e. The van der Waals surface area contributed by atoms with E-state index in [-0.39, 0.29) is 18.5 Å². The third-order valence-corrected chi connectivity index (χ3v) is 4.47. The molecule has 6 heteroatoms. The van der Waals surface area contributed by atoms with Crippen LogP contribution in [0.15, 0.2) is 42.6 Å². The fourth-order valence-corrected chi connectivity index (χ4v) is 3.27. The van der Waals surface area contributed by atoms with Gasteiger partial charge in [-0.05, 0) is 31.4 Å². The summed E-state index contributed by atoms with van der Waals surface area (Å²) >= 11 is 0. The first kappa shape index (κ1) is 16.7. The van der Waals surface area contributed by atoms with Gasteiger partial charge in [0, 0.05) is 25.4 Å². The number of hydrogen-bond acceptors (Lipinski definition) is 4. The fourth-order valence-electron chi connectivity index (χ4n) is 3.27. The monoisotopic (exact) mass is 328 g/mol. The van der Waals surface area contributed by atoms with Crippen LogP contribution in [0.3, 0.4) is 0 Å². The van der Waals surface area contributed by atoms with Crippen molar-refractivity contribution in [1.82, 2.24) is 14.7 Å². The Hall–Kier alpha value is -2.18. The van der Waals surface area contributed by atoms with Crippen LogP contribution in [-0.4, -0.2) is 50.9 Å². The Morgan fingerprint density at radius 1 is 1.33 bits per heavy atom. The number of aliphatic hydroxyl groups excluding tert-OH is 1. The highest BCUT2D eigenvalue weighted by Crippen LogP contribution is 2.21. The molecule has 0 bridgehead atoms. The zero-order valence-corrected chi connectivity index (χ0v) is 13.9. The van der Waals surface area contributed by atoms with E-state index < -0.39 is 6.10 Å². The Morgan fingerprint density at radius 3 is 2.83 bits per heavy atom. The number of anilines is 1. The first-order valence-electron chi connectivity index (χ1n) is 8.37. The molecule has 1 aromatic carbocycles. The lowest BCUT2D eigenvalue weighted by Gasteiger charge is -2.38. The number of aryl methyl sites for hydroxylation is 1. The third kappa shape index (κ3) is 4.21. The summed E-state index contributed by atoms with van der Waals surface area (Å²) in [6.45, 7) is 1.09. The van der Waals surface area contributed by atoms with Crippen molar-refractivity contribution in [1.29, 1.82) is 0 Å². The number of piperidine rings is 1. The standard InChI is InChI=1S/C18H24N4O2/c1-21-11-9-17(20-21)19-18(24)13-22-10-5-8-16(23)15(22)12-14-6-3-2-4-7-14/h2-4,6-7,9,11,15-16,23H,5,8,10,12-13H2,1H3,(H,19,20,24)/t15-,16-/m0/s1. The maximum atomic E-state index is 12.3. The SMILES string of the molecule is Cn1ccc(NC(=O)CN2CCC[C@H](O)[C@@H]2Cc2ccccc2)n1. The number of aromatic nitrogens is 2. The molecule has 0 saturated carbocycles. The van der Waals surface area contributed by atoms with Gasteiger partial charge in [0.1, 0.15) is 0 Å². The molecular weight excluding hydrogens is 304 g/mol. The van der Waals surface area contributed by atoms with Gasteiger partial charge in [-0.15, -0.1) is 0 Å². The fraction of sp³-hybridized carbons (Fsp3) is 0.444. The highest BCUT2D eigenvalue weighted by atomic mass is 16.3. The van der Waals surface area contributed by atoms with Crippen molar-refractivity contribution in [3.05, 3.63) is 48.2 Å². The van der Waals surface area contributed by atoms with Crippen LogP contribution < -0.4 is 5.32 Å². The molecule has 2 heterocycles. The molecule has 0 unspecified atom stereocenters. The van der Waals surface area contributed by atoms with Gasteiger partial charge in [0.2, 0.25) is 5.91 Å². The molecule has 2 aromatic rings. The van der Waals surface area contributed by atoms with Gasteiger partial charge in [0.25, 0.3) is 0 Å². The second-order valence-corrected chi connectivity index (χ2v) is 6.36. The van der Waals surface area contributed by atoms with Crippen LogP contribution in [0.2, 0.25) is 0 Å². The van der Waals surface area contributed by atoms with Crippen LogP contribution in [0.4, 0.5) is 5.82 Å². The zero-order valence-electron chi connectivity index (χ0n) is 13.9. The summed E-state index contributed by atoms with van der Waals surface area (Å²) in [6, 6.07) is 11.9. The molecule has 2 atom stereocenters. The summed E-state index contributed by atoms with van der Waals surface area (Å²) in [4.78, 5) is 14.4. The summed E-state index contributed by atoms with van der Waals surface area (Å²) in [6.07, 6.45) is 3.83. The minimum absolute atomic E-state index is 0.0318. The summed E-state index contributed by atoms with van der Waals surface area (Å²) in [5, 5.41) is 17.4. The van der Waals surface area contributed by atoms with Crippen LogP contribution in [0.5, 0.6) is 0 Å². The van der Waals surface area contributed by atoms with Crippen molar-refractivity contribution >= 4 is 11.7 Å². The maximum absolute atomic E-state index is 12.3. The number of hydrogen-bond donors (Lipinski definition) is 2. The van der Waals surface area contributed by atoms with Crippen LogP contribution in [0, 0.1) is 0 Å². The lowest BCUT2D eigenvalue weighted by Crippen LogP contribution is -2.51. The van der Waals surface area contributed by atoms with Gasteiger partial charge in [-0.1, -0.05) is 30.3 Å². The number of nitrogens with zero attached hydrogens (tertiary/aromatic N) is 3. The van der Waals surface area contributed by atoms with Gasteiger partial charge in [-0.2, -0.15) is 5.10 Å². The van der Waals surface area contributed by atoms with Crippen LogP contribution in [0.25, 0.3) is 0 Å². The molecule has 2 N–H and O–H groups in total. The van der Waals surface area contributed by atoms with E-state index in [1.807, 2.05) is 25.2 Å². The molecule has 24 heavy (non-hydrogen) atoms. The second kappa shape index (κ2) is 7.59. The van der Waals surface area contributed by atoms with E-state index in [0.717, 1.165) is 25.8 Å². The van der Waals surface area contributed by atoms with Crippen molar-refractivity contribution in [3.8, 4) is 0 Å². The van der Waals surface area contributed by atoms with E-state index in [4.69, 9.17) is 0 Å². The molecule has 1 saturated heterocycles. The van der Waals surface area contributed by atoms with Crippen molar-refractivity contribution < 1.29 is 9.90 Å². The van der Waals surface area contributed by atoms with Crippen molar-refractivity contribution in [2.45, 2.75) is 31.4 Å². The highest BCUT2D eigenvalue weighted by molar-refractivity contribution is 5.91. The number of carbonyl (C=O) groups excluding carboxylic acids is 1. The van der Waals surface area contributed by atoms with Gasteiger partial charge in [-0.3, -0.25) is 14.4 Å². The molecule has 0 aliphatic carbocycles. The molecule has 1 aliphatic heterocycles. The number of amides is 1. The molecule has 3 rings (SSSR count). The Morgan fingerprint density at radius 2 is 2.12 bits per heavy atom. The second-order valence-electron chi connectivity index (χ2n) is 6.36. The lowest BCUT2D eigenvalue weighted by atomic mass is 9.93. The van der Waals surface area contributed by atoms with E-state index in [0.29, 0.717) is 5.82 Å². The summed E-state index contributed by atoms with van der Waals surface area (Å²) in [7, 11) is 1.81. The number of carbonyl (C=O) groups is 1. The molecule has 6 nitrogen and oxygen atoms in total. The summed E-state index contributed by atoms with van der Waals surface area (Å²) in [5.41, 5.74) is 1.18. The summed E-state index contributed by atoms with van der Waals surface area (Å²) < 4.78 is 1.65. The van der Waals surface area contributed by atoms with Gasteiger partial charge in [-0.25, -0.2) is 0 Å². The largest absolute Gasteiger partial charge is 0.391 e. The molecule has 128 valence electrons. The topological polar surface area (TPSA) is 70.4 Å². The first-order valence-corrected chi connectivity index (χ1v) is 8.37. The molecule has 1 fully saturated rings. The Balaban J connectivity index is 1.63. The van der Waals surface area contributed by atoms with Crippen LogP contribution >= 0.6 is 0 Å². The number of likely N-dealkylation sites (tertiary alicyclic amines) is 1. The first-order chi connectivity index (χ1) is 11.6. The van der Waals surface area contributed by atoms with E-state index in [1.165, 1.54) is 5.56 Å². The lowest BCUT2D eigenvalue weighted by molar-refractivity contribution is -0.119. The van der Waals surface area contributed by atoms with E-state index in [9.17, 15) is 9.90 Å². The van der Waals surface area contributed by atoms with Gasteiger partial charge < -0.3 is 10.4 Å². The Labute approximate surface area is 142 Å². The predicted molar refractivity (Wildman–Crippen MR) is 92.6 cm³/mol. The smallest absolute Gasteiger partial charge is 0.239 e. The molecule has 1 aliphatic rings. The average Bonchev–Trinajstić information content (AvgIpc) is 2.96. The highest BCUT2D eigenvalue weighted by Gasteiger charge is 2.31. The van der Waals surface area contributed by atoms with Crippen molar-refractivity contribution in [2.24, 2.45) is 7.05 Å². The Kier molecular flexibility index (Phi) is 5.27. The third-order valence-electron chi connectivity index (χ3n) is 4.47.